The number of amides is 2. The van der Waals surface area contributed by atoms with E-state index >= 15 is 0 Å². The van der Waals surface area contributed by atoms with Crippen LogP contribution >= 0.6 is 11.6 Å². The van der Waals surface area contributed by atoms with Gasteiger partial charge < -0.3 is 20.1 Å². The van der Waals surface area contributed by atoms with Crippen molar-refractivity contribution in [2.24, 2.45) is 5.41 Å². The number of hydrogen-bond donors (Lipinski definition) is 2. The predicted octanol–water partition coefficient (Wildman–Crippen LogP) is 3.71. The van der Waals surface area contributed by atoms with E-state index in [1.54, 1.807) is 42.5 Å². The molecule has 7 heteroatoms. The van der Waals surface area contributed by atoms with Gasteiger partial charge in [-0.3, -0.25) is 9.59 Å². The van der Waals surface area contributed by atoms with Crippen molar-refractivity contribution in [3.63, 3.8) is 0 Å². The smallest absolute Gasteiger partial charge is 0.240 e. The zero-order chi connectivity index (χ0) is 18.7. The molecule has 2 aromatic rings. The Labute approximate surface area is 156 Å². The monoisotopic (exact) mass is 374 g/mol. The molecule has 0 unspecified atom stereocenters. The largest absolute Gasteiger partial charge is 0.493 e. The Balaban J connectivity index is 1.73. The minimum absolute atomic E-state index is 0.353. The quantitative estimate of drug-likeness (QED) is 0.755. The van der Waals surface area contributed by atoms with Crippen molar-refractivity contribution in [2.75, 3.05) is 24.9 Å². The normalized spacial score (nSPS) is 14.3. The van der Waals surface area contributed by atoms with Crippen LogP contribution in [0.4, 0.5) is 11.4 Å². The molecule has 3 rings (SSSR count). The van der Waals surface area contributed by atoms with Gasteiger partial charge in [0.25, 0.3) is 0 Å². The van der Waals surface area contributed by atoms with Crippen molar-refractivity contribution < 1.29 is 19.1 Å². The standard InChI is InChI=1S/C19H19ClN2O4/c1-25-15-8-7-12(11-16(15)26-2)21-17(23)19(9-10-19)18(24)22-14-6-4-3-5-13(14)20/h3-8,11H,9-10H2,1-2H3,(H,21,23)(H,22,24). The van der Waals surface area contributed by atoms with Gasteiger partial charge in [0.15, 0.2) is 11.5 Å². The Bertz CT molecular complexity index is 849. The molecule has 1 aliphatic rings. The minimum atomic E-state index is -1.08. The summed E-state index contributed by atoms with van der Waals surface area (Å²) in [6.07, 6.45) is 0.977. The van der Waals surface area contributed by atoms with Crippen molar-refractivity contribution in [1.82, 2.24) is 0 Å². The highest BCUT2D eigenvalue weighted by Gasteiger charge is 2.56. The van der Waals surface area contributed by atoms with Gasteiger partial charge in [0.1, 0.15) is 5.41 Å². The molecule has 0 radical (unpaired) electrons. The van der Waals surface area contributed by atoms with Crippen LogP contribution in [0.25, 0.3) is 0 Å². The highest BCUT2D eigenvalue weighted by molar-refractivity contribution is 6.34. The van der Waals surface area contributed by atoms with E-state index in [4.69, 9.17) is 21.1 Å². The summed E-state index contributed by atoms with van der Waals surface area (Å²) in [4.78, 5) is 25.3. The van der Waals surface area contributed by atoms with Crippen LogP contribution in [0, 0.1) is 5.41 Å². The molecular weight excluding hydrogens is 356 g/mol. The van der Waals surface area contributed by atoms with Crippen LogP contribution in [0.3, 0.4) is 0 Å². The van der Waals surface area contributed by atoms with Crippen LogP contribution in [-0.4, -0.2) is 26.0 Å². The zero-order valence-corrected chi connectivity index (χ0v) is 15.2. The average molecular weight is 375 g/mol. The number of carbonyl (C=O) groups excluding carboxylic acids is 2. The molecule has 0 atom stereocenters. The van der Waals surface area contributed by atoms with E-state index in [2.05, 4.69) is 10.6 Å². The molecule has 136 valence electrons. The Kier molecular flexibility index (Phi) is 5.04. The first-order valence-electron chi connectivity index (χ1n) is 8.09. The van der Waals surface area contributed by atoms with E-state index in [1.807, 2.05) is 0 Å². The van der Waals surface area contributed by atoms with Crippen molar-refractivity contribution in [1.29, 1.82) is 0 Å². The number of carbonyl (C=O) groups is 2. The molecule has 0 heterocycles. The van der Waals surface area contributed by atoms with E-state index in [1.165, 1.54) is 14.2 Å². The minimum Gasteiger partial charge on any atom is -0.493 e. The van der Waals surface area contributed by atoms with E-state index in [9.17, 15) is 9.59 Å². The van der Waals surface area contributed by atoms with Crippen LogP contribution in [0.1, 0.15) is 12.8 Å². The molecule has 1 saturated carbocycles. The van der Waals surface area contributed by atoms with Crippen molar-refractivity contribution >= 4 is 34.8 Å². The third-order valence-corrected chi connectivity index (χ3v) is 4.71. The molecule has 2 aromatic carbocycles. The third-order valence-electron chi connectivity index (χ3n) is 4.38. The maximum absolute atomic E-state index is 12.7. The molecule has 0 saturated heterocycles. The topological polar surface area (TPSA) is 76.7 Å². The maximum Gasteiger partial charge on any atom is 0.240 e. The van der Waals surface area contributed by atoms with Crippen LogP contribution in [0.5, 0.6) is 11.5 Å². The van der Waals surface area contributed by atoms with Crippen LogP contribution in [0.2, 0.25) is 5.02 Å². The summed E-state index contributed by atoms with van der Waals surface area (Å²) in [7, 11) is 3.05. The first kappa shape index (κ1) is 18.1. The number of anilines is 2. The Morgan fingerprint density at radius 2 is 1.62 bits per heavy atom. The molecular formula is C19H19ClN2O4. The number of para-hydroxylation sites is 1. The summed E-state index contributed by atoms with van der Waals surface area (Å²) in [5.41, 5.74) is -0.0550. The molecule has 2 amide bonds. The van der Waals surface area contributed by atoms with E-state index in [0.29, 0.717) is 40.7 Å². The van der Waals surface area contributed by atoms with E-state index in [-0.39, 0.29) is 11.8 Å². The van der Waals surface area contributed by atoms with Gasteiger partial charge in [0.2, 0.25) is 11.8 Å². The molecule has 0 aromatic heterocycles. The van der Waals surface area contributed by atoms with Gasteiger partial charge in [-0.2, -0.15) is 0 Å². The zero-order valence-electron chi connectivity index (χ0n) is 14.5. The Hall–Kier alpha value is -2.73. The lowest BCUT2D eigenvalue weighted by atomic mass is 10.0. The Morgan fingerprint density at radius 1 is 0.962 bits per heavy atom. The molecule has 0 spiro atoms. The summed E-state index contributed by atoms with van der Waals surface area (Å²) in [5, 5.41) is 5.96. The van der Waals surface area contributed by atoms with Crippen LogP contribution < -0.4 is 20.1 Å². The molecule has 0 aliphatic heterocycles. The van der Waals surface area contributed by atoms with Crippen molar-refractivity contribution in [3.05, 3.63) is 47.5 Å². The van der Waals surface area contributed by atoms with E-state index in [0.717, 1.165) is 0 Å². The highest BCUT2D eigenvalue weighted by Crippen LogP contribution is 2.48. The summed E-state index contributed by atoms with van der Waals surface area (Å²) in [6.45, 7) is 0. The molecule has 1 fully saturated rings. The molecule has 26 heavy (non-hydrogen) atoms. The second kappa shape index (κ2) is 7.25. The number of rotatable bonds is 6. The van der Waals surface area contributed by atoms with Gasteiger partial charge in [-0.05, 0) is 37.1 Å². The number of hydrogen-bond acceptors (Lipinski definition) is 4. The molecule has 2 N–H and O–H groups in total. The molecule has 1 aliphatic carbocycles. The van der Waals surface area contributed by atoms with Crippen molar-refractivity contribution in [2.45, 2.75) is 12.8 Å². The summed E-state index contributed by atoms with van der Waals surface area (Å²) in [6, 6.07) is 12.0. The fourth-order valence-corrected chi connectivity index (χ4v) is 2.83. The number of benzene rings is 2. The fraction of sp³-hybridized carbons (Fsp3) is 0.263. The average Bonchev–Trinajstić information content (AvgIpc) is 3.45. The summed E-state index contributed by atoms with van der Waals surface area (Å²) in [5.74, 6) is 0.344. The number of ether oxygens (including phenoxy) is 2. The van der Waals surface area contributed by atoms with Gasteiger partial charge >= 0.3 is 0 Å². The second-order valence-corrected chi connectivity index (χ2v) is 6.45. The fourth-order valence-electron chi connectivity index (χ4n) is 2.65. The predicted molar refractivity (Wildman–Crippen MR) is 99.9 cm³/mol. The van der Waals surface area contributed by atoms with Gasteiger partial charge in [-0.25, -0.2) is 0 Å². The third kappa shape index (κ3) is 3.46. The van der Waals surface area contributed by atoms with Gasteiger partial charge in [-0.1, -0.05) is 23.7 Å². The number of methoxy groups -OCH3 is 2. The number of nitrogens with one attached hydrogen (secondary N) is 2. The number of halogens is 1. The van der Waals surface area contributed by atoms with E-state index < -0.39 is 5.41 Å². The molecule has 0 bridgehead atoms. The van der Waals surface area contributed by atoms with Crippen LogP contribution in [-0.2, 0) is 9.59 Å². The Morgan fingerprint density at radius 3 is 2.23 bits per heavy atom. The second-order valence-electron chi connectivity index (χ2n) is 6.04. The van der Waals surface area contributed by atoms with Gasteiger partial charge in [0, 0.05) is 11.8 Å². The van der Waals surface area contributed by atoms with Gasteiger partial charge in [-0.15, -0.1) is 0 Å². The first-order valence-corrected chi connectivity index (χ1v) is 8.47. The first-order chi connectivity index (χ1) is 12.5. The lowest BCUT2D eigenvalue weighted by Gasteiger charge is -2.17. The SMILES string of the molecule is COc1ccc(NC(=O)C2(C(=O)Nc3ccccc3Cl)CC2)cc1OC. The van der Waals surface area contributed by atoms with Crippen LogP contribution in [0.15, 0.2) is 42.5 Å². The van der Waals surface area contributed by atoms with Crippen molar-refractivity contribution in [3.8, 4) is 11.5 Å². The maximum atomic E-state index is 12.7. The summed E-state index contributed by atoms with van der Waals surface area (Å²) >= 11 is 6.07. The summed E-state index contributed by atoms with van der Waals surface area (Å²) < 4.78 is 10.4. The van der Waals surface area contributed by atoms with Gasteiger partial charge in [0.05, 0.1) is 24.9 Å². The lowest BCUT2D eigenvalue weighted by molar-refractivity contribution is -0.131. The molecule has 6 nitrogen and oxygen atoms in total. The lowest BCUT2D eigenvalue weighted by Crippen LogP contribution is -2.35. The highest BCUT2D eigenvalue weighted by atomic mass is 35.5.